The van der Waals surface area contributed by atoms with Gasteiger partial charge in [-0.1, -0.05) is 24.3 Å². The van der Waals surface area contributed by atoms with Crippen molar-refractivity contribution in [1.29, 1.82) is 0 Å². The Kier molecular flexibility index (Phi) is 6.13. The summed E-state index contributed by atoms with van der Waals surface area (Å²) in [7, 11) is 0. The Morgan fingerprint density at radius 2 is 1.71 bits per heavy atom. The van der Waals surface area contributed by atoms with Gasteiger partial charge in [-0.25, -0.2) is 14.8 Å². The fourth-order valence-corrected chi connectivity index (χ4v) is 3.39. The smallest absolute Gasteiger partial charge is 0.416 e. The second-order valence-electron chi connectivity index (χ2n) is 7.32. The quantitative estimate of drug-likeness (QED) is 0.360. The second-order valence-corrected chi connectivity index (χ2v) is 7.32. The molecular formula is C24H17F3N4O3. The van der Waals surface area contributed by atoms with Gasteiger partial charge in [-0.15, -0.1) is 0 Å². The van der Waals surface area contributed by atoms with E-state index in [1.54, 1.807) is 36.4 Å². The molecule has 0 atom stereocenters. The first-order valence-corrected chi connectivity index (χ1v) is 10.0. The van der Waals surface area contributed by atoms with Crippen LogP contribution in [0.25, 0.3) is 10.9 Å². The molecule has 4 aromatic rings. The third-order valence-electron chi connectivity index (χ3n) is 4.99. The van der Waals surface area contributed by atoms with Gasteiger partial charge in [0.25, 0.3) is 5.91 Å². The lowest BCUT2D eigenvalue weighted by Crippen LogP contribution is -2.14. The number of halogens is 3. The normalized spacial score (nSPS) is 11.3. The lowest BCUT2D eigenvalue weighted by atomic mass is 10.1. The van der Waals surface area contributed by atoms with Crippen LogP contribution in [0.1, 0.15) is 31.8 Å². The first kappa shape index (κ1) is 22.7. The molecule has 0 unspecified atom stereocenters. The van der Waals surface area contributed by atoms with Crippen molar-refractivity contribution in [2.45, 2.75) is 12.7 Å². The maximum absolute atomic E-state index is 12.9. The predicted molar refractivity (Wildman–Crippen MR) is 120 cm³/mol. The van der Waals surface area contributed by atoms with E-state index in [-0.39, 0.29) is 17.7 Å². The van der Waals surface area contributed by atoms with E-state index in [1.165, 1.54) is 24.5 Å². The van der Waals surface area contributed by atoms with Crippen LogP contribution >= 0.6 is 0 Å². The SMILES string of the molecule is O=C(Nc1cccc(CNc2ncnc3c(C(=O)O)cccc23)c1)c1cccc(C(F)(F)F)c1. The number of para-hydroxylation sites is 1. The Morgan fingerprint density at radius 3 is 2.47 bits per heavy atom. The molecule has 0 spiro atoms. The highest BCUT2D eigenvalue weighted by Crippen LogP contribution is 2.30. The number of nitrogens with zero attached hydrogens (tertiary/aromatic N) is 2. The fourth-order valence-electron chi connectivity index (χ4n) is 3.39. The highest BCUT2D eigenvalue weighted by Gasteiger charge is 2.30. The zero-order valence-electron chi connectivity index (χ0n) is 17.4. The van der Waals surface area contributed by atoms with Crippen LogP contribution in [0.5, 0.6) is 0 Å². The van der Waals surface area contributed by atoms with Crippen LogP contribution in [0, 0.1) is 0 Å². The van der Waals surface area contributed by atoms with Crippen LogP contribution in [0.3, 0.4) is 0 Å². The van der Waals surface area contributed by atoms with E-state index >= 15 is 0 Å². The topological polar surface area (TPSA) is 104 Å². The highest BCUT2D eigenvalue weighted by molar-refractivity contribution is 6.05. The Bertz CT molecular complexity index is 1390. The number of hydrogen-bond acceptors (Lipinski definition) is 5. The van der Waals surface area contributed by atoms with Crippen molar-refractivity contribution in [3.05, 3.63) is 95.3 Å². The molecule has 0 radical (unpaired) electrons. The van der Waals surface area contributed by atoms with Gasteiger partial charge in [0, 0.05) is 23.2 Å². The van der Waals surface area contributed by atoms with Crippen LogP contribution in [0.15, 0.2) is 73.1 Å². The lowest BCUT2D eigenvalue weighted by Gasteiger charge is -2.12. The van der Waals surface area contributed by atoms with Gasteiger partial charge < -0.3 is 15.7 Å². The zero-order valence-corrected chi connectivity index (χ0v) is 17.4. The molecule has 4 rings (SSSR count). The second kappa shape index (κ2) is 9.18. The minimum atomic E-state index is -4.54. The molecule has 3 aromatic carbocycles. The number of aromatic nitrogens is 2. The number of carboxylic acids is 1. The summed E-state index contributed by atoms with van der Waals surface area (Å²) >= 11 is 0. The lowest BCUT2D eigenvalue weighted by molar-refractivity contribution is -0.137. The van der Waals surface area contributed by atoms with Gasteiger partial charge >= 0.3 is 12.1 Å². The third-order valence-corrected chi connectivity index (χ3v) is 4.99. The number of aromatic carboxylic acids is 1. The summed E-state index contributed by atoms with van der Waals surface area (Å²) in [5, 5.41) is 15.6. The zero-order chi connectivity index (χ0) is 24.3. The molecule has 3 N–H and O–H groups in total. The summed E-state index contributed by atoms with van der Waals surface area (Å²) in [6.45, 7) is 0.288. The summed E-state index contributed by atoms with van der Waals surface area (Å²) in [5.41, 5.74) is 0.503. The van der Waals surface area contributed by atoms with E-state index in [1.807, 2.05) is 0 Å². The van der Waals surface area contributed by atoms with E-state index in [0.717, 1.165) is 17.7 Å². The number of carboxylic acid groups (broad SMARTS) is 1. The highest BCUT2D eigenvalue weighted by atomic mass is 19.4. The minimum absolute atomic E-state index is 0.0576. The van der Waals surface area contributed by atoms with Crippen LogP contribution < -0.4 is 10.6 Å². The molecular weight excluding hydrogens is 449 g/mol. The molecule has 1 aromatic heterocycles. The third kappa shape index (κ3) is 4.96. The van der Waals surface area contributed by atoms with Crippen LogP contribution in [0.4, 0.5) is 24.7 Å². The molecule has 0 saturated carbocycles. The van der Waals surface area contributed by atoms with Crippen LogP contribution in [-0.2, 0) is 12.7 Å². The molecule has 172 valence electrons. The van der Waals surface area contributed by atoms with E-state index in [9.17, 15) is 27.9 Å². The molecule has 1 heterocycles. The van der Waals surface area contributed by atoms with Crippen LogP contribution in [0.2, 0.25) is 0 Å². The molecule has 0 fully saturated rings. The Hall–Kier alpha value is -4.47. The summed E-state index contributed by atoms with van der Waals surface area (Å²) in [5.74, 6) is -1.33. The molecule has 0 aliphatic carbocycles. The number of anilines is 2. The van der Waals surface area contributed by atoms with Gasteiger partial charge in [-0.2, -0.15) is 13.2 Å². The number of fused-ring (bicyclic) bond motifs is 1. The van der Waals surface area contributed by atoms with E-state index in [0.29, 0.717) is 22.4 Å². The van der Waals surface area contributed by atoms with E-state index in [2.05, 4.69) is 20.6 Å². The maximum atomic E-state index is 12.9. The Balaban J connectivity index is 1.49. The first-order valence-electron chi connectivity index (χ1n) is 10.0. The summed E-state index contributed by atoms with van der Waals surface area (Å²) < 4.78 is 38.8. The Morgan fingerprint density at radius 1 is 0.941 bits per heavy atom. The monoisotopic (exact) mass is 466 g/mol. The van der Waals surface area contributed by atoms with Crippen molar-refractivity contribution in [2.75, 3.05) is 10.6 Å². The molecule has 0 saturated heterocycles. The molecule has 1 amide bonds. The maximum Gasteiger partial charge on any atom is 0.416 e. The van der Waals surface area contributed by atoms with E-state index < -0.39 is 23.6 Å². The number of nitrogens with one attached hydrogen (secondary N) is 2. The molecule has 34 heavy (non-hydrogen) atoms. The number of amides is 1. The molecule has 0 aliphatic heterocycles. The molecule has 7 nitrogen and oxygen atoms in total. The molecule has 0 aliphatic rings. The van der Waals surface area contributed by atoms with Crippen molar-refractivity contribution in [2.24, 2.45) is 0 Å². The molecule has 10 heteroatoms. The summed E-state index contributed by atoms with van der Waals surface area (Å²) in [4.78, 5) is 32.1. The number of hydrogen-bond donors (Lipinski definition) is 3. The first-order chi connectivity index (χ1) is 16.2. The average Bonchev–Trinajstić information content (AvgIpc) is 2.82. The average molecular weight is 466 g/mol. The van der Waals surface area contributed by atoms with Gasteiger partial charge in [0.1, 0.15) is 12.1 Å². The van der Waals surface area contributed by atoms with Crippen molar-refractivity contribution < 1.29 is 27.9 Å². The van der Waals surface area contributed by atoms with Crippen molar-refractivity contribution in [3.63, 3.8) is 0 Å². The predicted octanol–water partition coefficient (Wildman–Crippen LogP) is 5.21. The number of carbonyl (C=O) groups is 2. The standard InChI is InChI=1S/C24H17F3N4O3/c25-24(26,27)16-6-2-5-15(11-16)22(32)31-17-7-1-4-14(10-17)12-28-21-18-8-3-9-19(23(33)34)20(18)29-13-30-21/h1-11,13H,12H2,(H,31,32)(H,33,34)(H,28,29,30). The van der Waals surface area contributed by atoms with Gasteiger partial charge in [-0.3, -0.25) is 4.79 Å². The van der Waals surface area contributed by atoms with Crippen molar-refractivity contribution in [1.82, 2.24) is 9.97 Å². The minimum Gasteiger partial charge on any atom is -0.478 e. The van der Waals surface area contributed by atoms with Crippen LogP contribution in [-0.4, -0.2) is 27.0 Å². The van der Waals surface area contributed by atoms with Gasteiger partial charge in [-0.05, 0) is 48.0 Å². The number of alkyl halides is 3. The number of rotatable bonds is 6. The van der Waals surface area contributed by atoms with Gasteiger partial charge in [0.15, 0.2) is 0 Å². The largest absolute Gasteiger partial charge is 0.478 e. The number of carbonyl (C=O) groups excluding carboxylic acids is 1. The summed E-state index contributed by atoms with van der Waals surface area (Å²) in [6, 6.07) is 15.7. The van der Waals surface area contributed by atoms with Gasteiger partial charge in [0.05, 0.1) is 16.6 Å². The number of benzene rings is 3. The molecule has 0 bridgehead atoms. The van der Waals surface area contributed by atoms with E-state index in [4.69, 9.17) is 0 Å². The summed E-state index contributed by atoms with van der Waals surface area (Å²) in [6.07, 6.45) is -3.28. The van der Waals surface area contributed by atoms with Gasteiger partial charge in [0.2, 0.25) is 0 Å². The fraction of sp³-hybridized carbons (Fsp3) is 0.0833. The van der Waals surface area contributed by atoms with Crippen molar-refractivity contribution >= 4 is 34.3 Å². The Labute approximate surface area is 191 Å². The van der Waals surface area contributed by atoms with Crippen molar-refractivity contribution in [3.8, 4) is 0 Å².